The number of aliphatic hydroxyl groups is 1. The fourth-order valence-corrected chi connectivity index (χ4v) is 2.61. The van der Waals surface area contributed by atoms with Crippen molar-refractivity contribution in [1.29, 1.82) is 0 Å². The van der Waals surface area contributed by atoms with E-state index in [0.717, 1.165) is 17.4 Å². The molecule has 5 heteroatoms. The first-order valence-electron chi connectivity index (χ1n) is 4.89. The summed E-state index contributed by atoms with van der Waals surface area (Å²) in [5.74, 6) is -0.239. The van der Waals surface area contributed by atoms with Crippen LogP contribution in [-0.2, 0) is 16.3 Å². The van der Waals surface area contributed by atoms with Crippen molar-refractivity contribution in [2.75, 3.05) is 12.0 Å². The summed E-state index contributed by atoms with van der Waals surface area (Å²) in [6.45, 7) is 1.92. The molecule has 0 aliphatic carbocycles. The monoisotopic (exact) mass is 262 g/mol. The maximum absolute atomic E-state index is 11.0. The molecule has 0 aliphatic heterocycles. The minimum Gasteiger partial charge on any atom is -0.392 e. The lowest BCUT2D eigenvalue weighted by molar-refractivity contribution is 0.198. The highest BCUT2D eigenvalue weighted by Crippen LogP contribution is 2.19. The van der Waals surface area contributed by atoms with Gasteiger partial charge in [-0.15, -0.1) is 0 Å². The molecule has 0 bridgehead atoms. The van der Waals surface area contributed by atoms with E-state index in [-0.39, 0.29) is 12.2 Å². The van der Waals surface area contributed by atoms with Gasteiger partial charge >= 0.3 is 0 Å². The van der Waals surface area contributed by atoms with Gasteiger partial charge in [-0.2, -0.15) is 0 Å². The Balaban J connectivity index is 2.73. The normalized spacial score (nSPS) is 13.8. The van der Waals surface area contributed by atoms with Crippen molar-refractivity contribution < 1.29 is 13.5 Å². The van der Waals surface area contributed by atoms with Crippen molar-refractivity contribution in [3.8, 4) is 0 Å². The van der Waals surface area contributed by atoms with Crippen LogP contribution in [0.3, 0.4) is 0 Å². The van der Waals surface area contributed by atoms with E-state index in [2.05, 4.69) is 0 Å². The molecule has 0 aliphatic rings. The Hall–Kier alpha value is -0.580. The van der Waals surface area contributed by atoms with Crippen LogP contribution >= 0.6 is 11.6 Å². The van der Waals surface area contributed by atoms with Crippen LogP contribution in [0.4, 0.5) is 0 Å². The van der Waals surface area contributed by atoms with Crippen molar-refractivity contribution >= 4 is 21.4 Å². The third-order valence-electron chi connectivity index (χ3n) is 2.16. The fraction of sp³-hybridized carbons (Fsp3) is 0.455. The highest BCUT2D eigenvalue weighted by Gasteiger charge is 2.14. The van der Waals surface area contributed by atoms with Gasteiger partial charge in [-0.05, 0) is 24.1 Å². The van der Waals surface area contributed by atoms with Crippen LogP contribution in [0.15, 0.2) is 18.2 Å². The Morgan fingerprint density at radius 2 is 2.06 bits per heavy atom. The Morgan fingerprint density at radius 1 is 1.44 bits per heavy atom. The number of hydrogen-bond donors (Lipinski definition) is 1. The molecule has 0 fully saturated rings. The largest absolute Gasteiger partial charge is 0.392 e. The van der Waals surface area contributed by atoms with E-state index in [1.54, 1.807) is 6.07 Å². The number of rotatable bonds is 4. The molecule has 1 atom stereocenters. The average Bonchev–Trinajstić information content (AvgIpc) is 2.06. The predicted octanol–water partition coefficient (Wildman–Crippen LogP) is 1.60. The molecule has 0 saturated carbocycles. The van der Waals surface area contributed by atoms with Gasteiger partial charge in [-0.25, -0.2) is 8.42 Å². The van der Waals surface area contributed by atoms with Gasteiger partial charge in [0.2, 0.25) is 0 Å². The SMILES string of the molecule is Cc1ccc(CC(O)CS(C)(=O)=O)c(Cl)c1. The number of aryl methyl sites for hydroxylation is 1. The summed E-state index contributed by atoms with van der Waals surface area (Å²) in [4.78, 5) is 0. The Morgan fingerprint density at radius 3 is 2.56 bits per heavy atom. The summed E-state index contributed by atoms with van der Waals surface area (Å²) in [6.07, 6.45) is 0.453. The zero-order valence-electron chi connectivity index (χ0n) is 9.27. The molecule has 1 N–H and O–H groups in total. The first-order chi connectivity index (χ1) is 7.28. The van der Waals surface area contributed by atoms with Crippen LogP contribution in [0.2, 0.25) is 5.02 Å². The molecule has 0 amide bonds. The van der Waals surface area contributed by atoms with E-state index in [1.807, 2.05) is 19.1 Å². The molecule has 90 valence electrons. The minimum atomic E-state index is -3.16. The van der Waals surface area contributed by atoms with Gasteiger partial charge < -0.3 is 5.11 Å². The molecule has 0 radical (unpaired) electrons. The maximum Gasteiger partial charge on any atom is 0.150 e. The second-order valence-electron chi connectivity index (χ2n) is 4.05. The summed E-state index contributed by atoms with van der Waals surface area (Å²) in [7, 11) is -3.16. The third-order valence-corrected chi connectivity index (χ3v) is 3.50. The summed E-state index contributed by atoms with van der Waals surface area (Å²) < 4.78 is 22.0. The molecule has 1 unspecified atom stereocenters. The maximum atomic E-state index is 11.0. The molecular formula is C11H15ClO3S. The fourth-order valence-electron chi connectivity index (χ4n) is 1.48. The van der Waals surface area contributed by atoms with Gasteiger partial charge in [0.05, 0.1) is 11.9 Å². The minimum absolute atomic E-state index is 0.239. The van der Waals surface area contributed by atoms with Crippen molar-refractivity contribution in [2.24, 2.45) is 0 Å². The Bertz CT molecular complexity index is 468. The summed E-state index contributed by atoms with van der Waals surface area (Å²) in [6, 6.07) is 5.49. The van der Waals surface area contributed by atoms with Crippen LogP contribution < -0.4 is 0 Å². The second-order valence-corrected chi connectivity index (χ2v) is 6.64. The van der Waals surface area contributed by atoms with Crippen LogP contribution in [-0.4, -0.2) is 31.6 Å². The molecule has 3 nitrogen and oxygen atoms in total. The molecule has 1 aromatic rings. The summed E-state index contributed by atoms with van der Waals surface area (Å²) in [5, 5.41) is 10.2. The summed E-state index contributed by atoms with van der Waals surface area (Å²) in [5.41, 5.74) is 1.80. The standard InChI is InChI=1S/C11H15ClO3S/c1-8-3-4-9(11(12)5-8)6-10(13)7-16(2,14)15/h3-5,10,13H,6-7H2,1-2H3. The van der Waals surface area contributed by atoms with Crippen molar-refractivity contribution in [3.63, 3.8) is 0 Å². The smallest absolute Gasteiger partial charge is 0.150 e. The van der Waals surface area contributed by atoms with Gasteiger partial charge in [0.25, 0.3) is 0 Å². The molecule has 16 heavy (non-hydrogen) atoms. The van der Waals surface area contributed by atoms with E-state index in [0.29, 0.717) is 5.02 Å². The van der Waals surface area contributed by atoms with Gasteiger partial charge in [-0.3, -0.25) is 0 Å². The predicted molar refractivity (Wildman–Crippen MR) is 65.6 cm³/mol. The van der Waals surface area contributed by atoms with Crippen molar-refractivity contribution in [2.45, 2.75) is 19.4 Å². The highest BCUT2D eigenvalue weighted by atomic mass is 35.5. The zero-order chi connectivity index (χ0) is 12.3. The molecular weight excluding hydrogens is 248 g/mol. The number of benzene rings is 1. The van der Waals surface area contributed by atoms with Gasteiger partial charge in [0, 0.05) is 17.7 Å². The number of sulfone groups is 1. The zero-order valence-corrected chi connectivity index (χ0v) is 10.8. The van der Waals surface area contributed by atoms with E-state index < -0.39 is 15.9 Å². The quantitative estimate of drug-likeness (QED) is 0.897. The van der Waals surface area contributed by atoms with Crippen LogP contribution in [0.25, 0.3) is 0 Å². The van der Waals surface area contributed by atoms with E-state index in [4.69, 9.17) is 11.6 Å². The van der Waals surface area contributed by atoms with Gasteiger partial charge in [0.15, 0.2) is 0 Å². The lowest BCUT2D eigenvalue weighted by Gasteiger charge is -2.11. The van der Waals surface area contributed by atoms with Gasteiger partial charge in [0.1, 0.15) is 9.84 Å². The number of hydrogen-bond acceptors (Lipinski definition) is 3. The van der Waals surface area contributed by atoms with Crippen LogP contribution in [0, 0.1) is 6.92 Å². The van der Waals surface area contributed by atoms with Crippen molar-refractivity contribution in [3.05, 3.63) is 34.3 Å². The third kappa shape index (κ3) is 4.51. The van der Waals surface area contributed by atoms with Crippen molar-refractivity contribution in [1.82, 2.24) is 0 Å². The summed E-state index contributed by atoms with van der Waals surface area (Å²) >= 11 is 5.98. The number of halogens is 1. The van der Waals surface area contributed by atoms with Gasteiger partial charge in [-0.1, -0.05) is 23.7 Å². The Labute approximate surface area is 101 Å². The average molecular weight is 263 g/mol. The molecule has 0 aromatic heterocycles. The molecule has 0 heterocycles. The van der Waals surface area contributed by atoms with E-state index >= 15 is 0 Å². The van der Waals surface area contributed by atoms with E-state index in [9.17, 15) is 13.5 Å². The lowest BCUT2D eigenvalue weighted by Crippen LogP contribution is -2.22. The topological polar surface area (TPSA) is 54.4 Å². The molecule has 1 rings (SSSR count). The highest BCUT2D eigenvalue weighted by molar-refractivity contribution is 7.90. The molecule has 0 saturated heterocycles. The Kier molecular flexibility index (Phi) is 4.35. The molecule has 1 aromatic carbocycles. The lowest BCUT2D eigenvalue weighted by atomic mass is 10.1. The first-order valence-corrected chi connectivity index (χ1v) is 7.32. The molecule has 0 spiro atoms. The van der Waals surface area contributed by atoms with E-state index in [1.165, 1.54) is 0 Å². The first kappa shape index (κ1) is 13.5. The van der Waals surface area contributed by atoms with Crippen LogP contribution in [0.5, 0.6) is 0 Å². The second kappa shape index (κ2) is 5.17. The van der Waals surface area contributed by atoms with Crippen LogP contribution in [0.1, 0.15) is 11.1 Å². The number of aliphatic hydroxyl groups excluding tert-OH is 1.